The lowest BCUT2D eigenvalue weighted by Gasteiger charge is -2.21. The van der Waals surface area contributed by atoms with Crippen LogP contribution in [0.5, 0.6) is 0 Å². The van der Waals surface area contributed by atoms with Crippen LogP contribution < -0.4 is 33.4 Å². The summed E-state index contributed by atoms with van der Waals surface area (Å²) in [6.45, 7) is 10.8. The topological polar surface area (TPSA) is 324 Å². The highest BCUT2D eigenvalue weighted by Gasteiger charge is 2.20. The molecule has 0 spiro atoms. The molecule has 7 aromatic rings. The Morgan fingerprint density at radius 1 is 0.487 bits per heavy atom. The zero-order valence-electron chi connectivity index (χ0n) is 68.3. The Morgan fingerprint density at radius 3 is 1.21 bits per heavy atom. The molecule has 0 bridgehead atoms. The van der Waals surface area contributed by atoms with Crippen LogP contribution in [0.15, 0.2) is 173 Å². The van der Waals surface area contributed by atoms with E-state index in [2.05, 4.69) is 86.8 Å². The minimum Gasteiger partial charge on any atom is -0.444 e. The number of hydrogen-bond donors (Lipinski definition) is 7. The summed E-state index contributed by atoms with van der Waals surface area (Å²) in [7, 11) is 0.308. The number of aromatic nitrogens is 8. The normalized spacial score (nSPS) is 15.2. The van der Waals surface area contributed by atoms with Crippen LogP contribution in [0.25, 0.3) is 0 Å². The van der Waals surface area contributed by atoms with Crippen LogP contribution >= 0.6 is 59.6 Å². The van der Waals surface area contributed by atoms with Gasteiger partial charge in [-0.05, 0) is 270 Å². The van der Waals surface area contributed by atoms with Crippen molar-refractivity contribution >= 4 is 108 Å². The van der Waals surface area contributed by atoms with E-state index in [-0.39, 0.29) is 42.0 Å². The summed E-state index contributed by atoms with van der Waals surface area (Å²) in [5.41, 5.74) is 27.4. The van der Waals surface area contributed by atoms with Crippen LogP contribution in [0.3, 0.4) is 0 Å². The first-order valence-corrected chi connectivity index (χ1v) is 41.4. The molecule has 7 heterocycles. The molecule has 2 saturated carbocycles. The summed E-state index contributed by atoms with van der Waals surface area (Å²) in [5, 5.41) is 27.7. The number of alkyl halides is 1. The second-order valence-corrected chi connectivity index (χ2v) is 32.4. The maximum Gasteiger partial charge on any atom is 0.483 e. The Kier molecular flexibility index (Phi) is 47.1. The number of allylic oxidation sites excluding steroid dienone is 8. The van der Waals surface area contributed by atoms with Gasteiger partial charge in [0.05, 0.1) is 0 Å². The number of nitrogens with two attached hydrogens (primary N) is 3. The number of primary amides is 1. The molecule has 0 radical (unpaired) electrons. The van der Waals surface area contributed by atoms with Gasteiger partial charge in [0.2, 0.25) is 0 Å². The van der Waals surface area contributed by atoms with E-state index in [9.17, 15) is 19.2 Å². The van der Waals surface area contributed by atoms with E-state index in [1.807, 2.05) is 106 Å². The standard InChI is InChI=1S/C18H22N4O2.C17H24N2O2.C12H14ClN.C12H18N2.C12H16N2.C6H11BO2.C6H5Cl2N.C5H11NO2.2ClH/c1-22-17(23)10-8-15(21-22)18(24)20-16-9-7-14(12-19-16)11-13-5-3-2-4-6-13;1-17(2,3)21-16(20)19-15-10-9-14(12-18-15)11-13-7-5-4-6-8-13;3*13-12-7-6-11(9-14-12)8-10-4-2-1-3-5-10;8-7(9)6-4-2-1-3-5-6;7-3-5-1-2-6(8)9-4-5;1-5(2,3)8-4(6)7;;/h7-10,12-13H,2-6,11H2,1H3,(H,19,20,24);7,9-10,12H,4-6,8,11H2,1-3H3,(H,18,19,20);4,6-7,9H,1-3,5,8H2;6-7,9-10H,1-5,8H2,(H2,13,14);4,6-7,9H,1-3,5,8H2,(H2,13,14);4,8-9H,1-3,5H2;1-2,4H,3H2;1-3H3,(H2,6,7);2*1H. The minimum atomic E-state index is -1.20. The number of hydrogen-bond acceptors (Lipinski definition) is 17. The van der Waals surface area contributed by atoms with Gasteiger partial charge in [-0.15, -0.1) is 36.4 Å². The van der Waals surface area contributed by atoms with Crippen molar-refractivity contribution in [3.8, 4) is 0 Å². The van der Waals surface area contributed by atoms with Crippen molar-refractivity contribution in [3.05, 3.63) is 228 Å². The van der Waals surface area contributed by atoms with Gasteiger partial charge in [-0.2, -0.15) is 5.10 Å². The molecule has 626 valence electrons. The molecular weight excluding hydrogens is 1560 g/mol. The fourth-order valence-electron chi connectivity index (χ4n) is 13.4. The monoisotopic (exact) mass is 1680 g/mol. The van der Waals surface area contributed by atoms with Crippen molar-refractivity contribution in [3.63, 3.8) is 0 Å². The molecule has 3 amide bonds. The summed E-state index contributed by atoms with van der Waals surface area (Å²) in [6, 6.07) is 25.8. The second-order valence-electron chi connectivity index (χ2n) is 31.4. The molecular formula is C88H123BCl5N13O8. The Labute approximate surface area is 709 Å². The lowest BCUT2D eigenvalue weighted by molar-refractivity contribution is 0.0596. The van der Waals surface area contributed by atoms with Gasteiger partial charge >= 0.3 is 19.3 Å². The number of nitrogens with one attached hydrogen (secondary N) is 2. The molecule has 10 N–H and O–H groups in total. The van der Waals surface area contributed by atoms with E-state index in [1.165, 1.54) is 207 Å². The van der Waals surface area contributed by atoms with E-state index in [0.29, 0.717) is 39.5 Å². The third kappa shape index (κ3) is 44.1. The molecule has 21 nitrogen and oxygen atoms in total. The van der Waals surface area contributed by atoms with Gasteiger partial charge in [-0.25, -0.2) is 44.2 Å². The maximum absolute atomic E-state index is 12.2. The summed E-state index contributed by atoms with van der Waals surface area (Å²) in [6.07, 6.45) is 57.3. The molecule has 0 aliphatic heterocycles. The molecule has 0 atom stereocenters. The van der Waals surface area contributed by atoms with Crippen LogP contribution in [-0.2, 0) is 54.5 Å². The van der Waals surface area contributed by atoms with Crippen molar-refractivity contribution in [2.75, 3.05) is 22.1 Å². The van der Waals surface area contributed by atoms with Crippen molar-refractivity contribution in [2.45, 2.75) is 258 Å². The van der Waals surface area contributed by atoms with Gasteiger partial charge in [-0.1, -0.05) is 165 Å². The smallest absolute Gasteiger partial charge is 0.444 e. The average molecular weight is 1680 g/mol. The zero-order valence-corrected chi connectivity index (χ0v) is 72.2. The number of rotatable bonds is 15. The molecule has 115 heavy (non-hydrogen) atoms. The molecule has 6 aliphatic rings. The fourth-order valence-corrected chi connectivity index (χ4v) is 13.7. The van der Waals surface area contributed by atoms with Crippen LogP contribution in [0.1, 0.15) is 252 Å². The number of aryl methyl sites for hydroxylation is 1. The van der Waals surface area contributed by atoms with Crippen molar-refractivity contribution < 1.29 is 33.9 Å². The lowest BCUT2D eigenvalue weighted by atomic mass is 9.74. The first-order valence-electron chi connectivity index (χ1n) is 40.1. The SMILES string of the molecule is CC(C)(C)OC(=O)Nc1ccc(CC2=CCCCC2)cn1.CC(C)(C)OC(N)=O.Cl.Cl.ClCc1ccc(Cl)nc1.Clc1ccc(CC2=CCCCC2)cn1.Cn1nc(C(=O)Nc2ccc(CC3CCCCC3)cn2)ccc1=O.Nc1ccc(CC2=CCCCC2)cn1.Nc1ccc(CC2CCCCC2)cn1.OB(O)C1=CCCCC1. The summed E-state index contributed by atoms with van der Waals surface area (Å²) >= 11 is 16.7. The fraction of sp³-hybridized carbons (Fsp3) is 0.489. The minimum absolute atomic E-state index is 0. The van der Waals surface area contributed by atoms with Gasteiger partial charge < -0.3 is 42.0 Å². The van der Waals surface area contributed by atoms with E-state index < -0.39 is 30.5 Å². The van der Waals surface area contributed by atoms with Crippen molar-refractivity contribution in [1.82, 2.24) is 39.7 Å². The van der Waals surface area contributed by atoms with E-state index in [1.54, 1.807) is 44.2 Å². The number of halogens is 5. The Balaban J connectivity index is 0.000000283. The highest BCUT2D eigenvalue weighted by Crippen LogP contribution is 2.30. The highest BCUT2D eigenvalue weighted by molar-refractivity contribution is 6.50. The van der Waals surface area contributed by atoms with Crippen molar-refractivity contribution in [1.29, 1.82) is 0 Å². The van der Waals surface area contributed by atoms with E-state index in [0.717, 1.165) is 72.5 Å². The molecule has 2 fully saturated rings. The van der Waals surface area contributed by atoms with Crippen LogP contribution in [0, 0.1) is 11.8 Å². The van der Waals surface area contributed by atoms with Crippen LogP contribution in [0.4, 0.5) is 32.9 Å². The van der Waals surface area contributed by atoms with Crippen LogP contribution in [0.2, 0.25) is 10.3 Å². The number of anilines is 4. The first-order chi connectivity index (χ1) is 54.1. The number of nitrogen functional groups attached to an aromatic ring is 2. The lowest BCUT2D eigenvalue weighted by Crippen LogP contribution is -2.27. The van der Waals surface area contributed by atoms with Gasteiger partial charge in [0.1, 0.15) is 50.5 Å². The third-order valence-electron chi connectivity index (χ3n) is 19.2. The predicted molar refractivity (Wildman–Crippen MR) is 474 cm³/mol. The Morgan fingerprint density at radius 2 is 0.878 bits per heavy atom. The van der Waals surface area contributed by atoms with E-state index in [4.69, 9.17) is 66.8 Å². The average Bonchev–Trinajstić information content (AvgIpc) is 0.852. The molecule has 13 rings (SSSR count). The number of carbonyl (C=O) groups excluding carboxylic acids is 3. The van der Waals surface area contributed by atoms with Gasteiger partial charge in [0, 0.05) is 56.2 Å². The highest BCUT2D eigenvalue weighted by atomic mass is 35.5. The first kappa shape index (κ1) is 99.1. The Hall–Kier alpha value is -8.22. The molecule has 0 unspecified atom stereocenters. The molecule has 27 heteroatoms. The van der Waals surface area contributed by atoms with Gasteiger partial charge in [0.25, 0.3) is 11.5 Å². The second kappa shape index (κ2) is 54.7. The summed E-state index contributed by atoms with van der Waals surface area (Å²) < 4.78 is 10.9. The molecule has 7 aromatic heterocycles. The van der Waals surface area contributed by atoms with Gasteiger partial charge in [-0.3, -0.25) is 14.9 Å². The number of amides is 3. The number of carbonyl (C=O) groups is 3. The number of pyridine rings is 6. The zero-order chi connectivity index (χ0) is 81.8. The molecule has 0 aromatic carbocycles. The third-order valence-corrected chi connectivity index (χ3v) is 19.9. The van der Waals surface area contributed by atoms with Crippen molar-refractivity contribution in [2.24, 2.45) is 24.6 Å². The number of ether oxygens (including phenoxy) is 2. The maximum atomic E-state index is 12.2. The summed E-state index contributed by atoms with van der Waals surface area (Å²) in [4.78, 5) is 69.9. The van der Waals surface area contributed by atoms with Crippen LogP contribution in [-0.4, -0.2) is 86.1 Å². The molecule has 6 aliphatic carbocycles. The largest absolute Gasteiger partial charge is 0.483 e. The Bertz CT molecular complexity index is 4060. The van der Waals surface area contributed by atoms with E-state index >= 15 is 0 Å². The predicted octanol–water partition coefficient (Wildman–Crippen LogP) is 21.0. The molecule has 0 saturated heterocycles. The van der Waals surface area contributed by atoms with Gasteiger partial charge in [0.15, 0.2) is 0 Å². The number of nitrogens with zero attached hydrogens (tertiary/aromatic N) is 8. The summed E-state index contributed by atoms with van der Waals surface area (Å²) in [5.74, 6) is 3.99. The quantitative estimate of drug-likeness (QED) is 0.0217.